The van der Waals surface area contributed by atoms with Gasteiger partial charge >= 0.3 is 0 Å². The normalized spacial score (nSPS) is 13.1. The Bertz CT molecular complexity index is 495. The van der Waals surface area contributed by atoms with Gasteiger partial charge in [-0.25, -0.2) is 4.39 Å². The van der Waals surface area contributed by atoms with Crippen molar-refractivity contribution in [1.29, 1.82) is 0 Å². The molecule has 0 fully saturated rings. The summed E-state index contributed by atoms with van der Waals surface area (Å²) in [6.07, 6.45) is 0.786. The van der Waals surface area contributed by atoms with Crippen LogP contribution in [0.4, 0.5) is 4.39 Å². The van der Waals surface area contributed by atoms with E-state index in [1.165, 1.54) is 6.07 Å². The molecule has 0 aliphatic carbocycles. The minimum Gasteiger partial charge on any atom is -0.456 e. The van der Waals surface area contributed by atoms with Crippen molar-refractivity contribution < 1.29 is 13.5 Å². The molecular weight excluding hydrogens is 221 g/mol. The quantitative estimate of drug-likeness (QED) is 0.868. The second-order valence-electron chi connectivity index (χ2n) is 3.93. The van der Waals surface area contributed by atoms with Gasteiger partial charge in [-0.3, -0.25) is 0 Å². The second kappa shape index (κ2) is 5.29. The first-order valence-corrected chi connectivity index (χ1v) is 5.60. The van der Waals surface area contributed by atoms with Gasteiger partial charge in [0.05, 0.1) is 6.04 Å². The van der Waals surface area contributed by atoms with E-state index in [1.807, 2.05) is 19.2 Å². The van der Waals surface area contributed by atoms with Gasteiger partial charge in [0.1, 0.15) is 5.76 Å². The molecule has 0 saturated carbocycles. The highest BCUT2D eigenvalue weighted by atomic mass is 19.1. The lowest BCUT2D eigenvalue weighted by Gasteiger charge is -2.12. The van der Waals surface area contributed by atoms with Crippen LogP contribution in [0.1, 0.15) is 18.2 Å². The first-order valence-electron chi connectivity index (χ1n) is 5.60. The highest BCUT2D eigenvalue weighted by molar-refractivity contribution is 5.78. The number of furan rings is 1. The molecule has 4 heteroatoms. The van der Waals surface area contributed by atoms with E-state index in [9.17, 15) is 4.39 Å². The van der Waals surface area contributed by atoms with Crippen molar-refractivity contribution in [1.82, 2.24) is 5.32 Å². The maximum absolute atomic E-state index is 13.5. The lowest BCUT2D eigenvalue weighted by atomic mass is 10.1. The number of rotatable bonds is 5. The smallest absolute Gasteiger partial charge is 0.169 e. The molecule has 2 aromatic rings. The van der Waals surface area contributed by atoms with Crippen LogP contribution >= 0.6 is 0 Å². The second-order valence-corrected chi connectivity index (χ2v) is 3.93. The van der Waals surface area contributed by atoms with Gasteiger partial charge in [-0.2, -0.15) is 0 Å². The van der Waals surface area contributed by atoms with Gasteiger partial charge in [0.2, 0.25) is 0 Å². The zero-order chi connectivity index (χ0) is 12.3. The molecule has 1 aromatic carbocycles. The fourth-order valence-corrected chi connectivity index (χ4v) is 1.88. The molecule has 2 rings (SSSR count). The highest BCUT2D eigenvalue weighted by Crippen LogP contribution is 2.27. The maximum Gasteiger partial charge on any atom is 0.169 e. The van der Waals surface area contributed by atoms with Crippen LogP contribution in [0.15, 0.2) is 28.7 Å². The monoisotopic (exact) mass is 237 g/mol. The Morgan fingerprint density at radius 1 is 1.47 bits per heavy atom. The molecule has 1 aromatic heterocycles. The number of hydrogen-bond donors (Lipinski definition) is 1. The van der Waals surface area contributed by atoms with Crippen molar-refractivity contribution in [3.8, 4) is 0 Å². The van der Waals surface area contributed by atoms with Gasteiger partial charge in [0.25, 0.3) is 0 Å². The first kappa shape index (κ1) is 12.1. The molecule has 92 valence electrons. The van der Waals surface area contributed by atoms with E-state index in [0.717, 1.165) is 17.6 Å². The Balaban J connectivity index is 2.31. The van der Waals surface area contributed by atoms with Crippen molar-refractivity contribution in [2.75, 3.05) is 20.8 Å². The molecule has 1 N–H and O–H groups in total. The standard InChI is InChI=1S/C13H16FNO2/c1-15-11(6-7-16-2)12-8-9-4-3-5-10(14)13(9)17-12/h3-5,8,11,15H,6-7H2,1-2H3. The van der Waals surface area contributed by atoms with E-state index in [-0.39, 0.29) is 11.9 Å². The van der Waals surface area contributed by atoms with Gasteiger partial charge in [-0.1, -0.05) is 12.1 Å². The minimum atomic E-state index is -0.324. The summed E-state index contributed by atoms with van der Waals surface area (Å²) in [7, 11) is 3.51. The number of methoxy groups -OCH3 is 1. The van der Waals surface area contributed by atoms with Crippen molar-refractivity contribution in [2.45, 2.75) is 12.5 Å². The highest BCUT2D eigenvalue weighted by Gasteiger charge is 2.15. The van der Waals surface area contributed by atoms with Gasteiger partial charge in [-0.05, 0) is 25.6 Å². The Kier molecular flexibility index (Phi) is 3.76. The number of ether oxygens (including phenoxy) is 1. The van der Waals surface area contributed by atoms with Crippen LogP contribution in [0, 0.1) is 5.82 Å². The molecular formula is C13H16FNO2. The van der Waals surface area contributed by atoms with E-state index >= 15 is 0 Å². The Morgan fingerprint density at radius 2 is 2.29 bits per heavy atom. The average molecular weight is 237 g/mol. The summed E-state index contributed by atoms with van der Waals surface area (Å²) in [5.41, 5.74) is 0.320. The summed E-state index contributed by atoms with van der Waals surface area (Å²) in [6, 6.07) is 6.84. The van der Waals surface area contributed by atoms with Crippen molar-refractivity contribution in [3.63, 3.8) is 0 Å². The molecule has 0 aliphatic heterocycles. The maximum atomic E-state index is 13.5. The summed E-state index contributed by atoms with van der Waals surface area (Å²) in [5.74, 6) is 0.417. The van der Waals surface area contributed by atoms with E-state index in [4.69, 9.17) is 9.15 Å². The summed E-state index contributed by atoms with van der Waals surface area (Å²) >= 11 is 0. The number of nitrogens with one attached hydrogen (secondary N) is 1. The lowest BCUT2D eigenvalue weighted by molar-refractivity contribution is 0.180. The van der Waals surface area contributed by atoms with Crippen LogP contribution in [0.2, 0.25) is 0 Å². The first-order chi connectivity index (χ1) is 8.26. The zero-order valence-corrected chi connectivity index (χ0v) is 10.00. The number of para-hydroxylation sites is 1. The van der Waals surface area contributed by atoms with E-state index in [1.54, 1.807) is 13.2 Å². The van der Waals surface area contributed by atoms with Gasteiger partial charge in [-0.15, -0.1) is 0 Å². The van der Waals surface area contributed by atoms with E-state index < -0.39 is 0 Å². The SMILES string of the molecule is CNC(CCOC)c1cc2cccc(F)c2o1. The fourth-order valence-electron chi connectivity index (χ4n) is 1.88. The van der Waals surface area contributed by atoms with E-state index in [0.29, 0.717) is 12.2 Å². The predicted octanol–water partition coefficient (Wildman–Crippen LogP) is 2.87. The van der Waals surface area contributed by atoms with Crippen LogP contribution in [0.5, 0.6) is 0 Å². The third-order valence-electron chi connectivity index (χ3n) is 2.82. The molecule has 0 aliphatic rings. The molecule has 17 heavy (non-hydrogen) atoms. The third-order valence-corrected chi connectivity index (χ3v) is 2.82. The number of hydrogen-bond acceptors (Lipinski definition) is 3. The number of fused-ring (bicyclic) bond motifs is 1. The van der Waals surface area contributed by atoms with Gasteiger partial charge < -0.3 is 14.5 Å². The Morgan fingerprint density at radius 3 is 2.94 bits per heavy atom. The summed E-state index contributed by atoms with van der Waals surface area (Å²) < 4.78 is 24.1. The Hall–Kier alpha value is -1.39. The van der Waals surface area contributed by atoms with Crippen LogP contribution < -0.4 is 5.32 Å². The molecule has 3 nitrogen and oxygen atoms in total. The van der Waals surface area contributed by atoms with Crippen LogP contribution in [-0.2, 0) is 4.74 Å². The molecule has 1 unspecified atom stereocenters. The molecule has 1 atom stereocenters. The largest absolute Gasteiger partial charge is 0.456 e. The summed E-state index contributed by atoms with van der Waals surface area (Å²) in [6.45, 7) is 0.630. The van der Waals surface area contributed by atoms with Crippen molar-refractivity contribution >= 4 is 11.0 Å². The van der Waals surface area contributed by atoms with Crippen molar-refractivity contribution in [2.24, 2.45) is 0 Å². The molecule has 0 bridgehead atoms. The molecule has 0 amide bonds. The fraction of sp³-hybridized carbons (Fsp3) is 0.385. The van der Waals surface area contributed by atoms with E-state index in [2.05, 4.69) is 5.32 Å². The third kappa shape index (κ3) is 2.48. The van der Waals surface area contributed by atoms with Crippen molar-refractivity contribution in [3.05, 3.63) is 35.8 Å². The van der Waals surface area contributed by atoms with Crippen LogP contribution in [0.3, 0.4) is 0 Å². The van der Waals surface area contributed by atoms with Crippen LogP contribution in [0.25, 0.3) is 11.0 Å². The summed E-state index contributed by atoms with van der Waals surface area (Å²) in [5, 5.41) is 3.93. The topological polar surface area (TPSA) is 34.4 Å². The minimum absolute atomic E-state index is 0.0433. The number of benzene rings is 1. The van der Waals surface area contributed by atoms with Crippen LogP contribution in [-0.4, -0.2) is 20.8 Å². The predicted molar refractivity (Wildman–Crippen MR) is 64.5 cm³/mol. The molecule has 0 saturated heterocycles. The van der Waals surface area contributed by atoms with Gasteiger partial charge in [0.15, 0.2) is 11.4 Å². The zero-order valence-electron chi connectivity index (χ0n) is 10.00. The lowest BCUT2D eigenvalue weighted by Crippen LogP contribution is -2.17. The summed E-state index contributed by atoms with van der Waals surface area (Å²) in [4.78, 5) is 0. The average Bonchev–Trinajstić information content (AvgIpc) is 2.75. The molecule has 1 heterocycles. The molecule has 0 spiro atoms. The molecule has 0 radical (unpaired) electrons. The Labute approximate surface area is 99.6 Å². The number of halogens is 1. The van der Waals surface area contributed by atoms with Gasteiger partial charge in [0, 0.05) is 19.1 Å².